The minimum Gasteiger partial charge on any atom is -0.379 e. The summed E-state index contributed by atoms with van der Waals surface area (Å²) in [5.41, 5.74) is 4.08. The van der Waals surface area contributed by atoms with E-state index in [2.05, 4.69) is 22.5 Å². The van der Waals surface area contributed by atoms with Crippen LogP contribution in [0.2, 0.25) is 0 Å². The van der Waals surface area contributed by atoms with E-state index in [1.165, 1.54) is 8.99 Å². The van der Waals surface area contributed by atoms with Crippen molar-refractivity contribution in [3.63, 3.8) is 0 Å². The summed E-state index contributed by atoms with van der Waals surface area (Å²) in [5.74, 6) is -0.236. The van der Waals surface area contributed by atoms with Crippen LogP contribution < -0.4 is 5.32 Å². The van der Waals surface area contributed by atoms with Gasteiger partial charge in [-0.2, -0.15) is 9.40 Å². The van der Waals surface area contributed by atoms with Gasteiger partial charge in [0, 0.05) is 13.1 Å². The number of carbonyl (C=O) groups excluding carboxylic acids is 1. The molecule has 1 aromatic heterocycles. The van der Waals surface area contributed by atoms with E-state index in [-0.39, 0.29) is 23.4 Å². The number of morpholine rings is 1. The predicted molar refractivity (Wildman–Crippen MR) is 130 cm³/mol. The first kappa shape index (κ1) is 24.1. The molecule has 0 spiro atoms. The summed E-state index contributed by atoms with van der Waals surface area (Å²) in [4.78, 5) is 12.9. The zero-order chi connectivity index (χ0) is 24.3. The molecule has 0 radical (unpaired) electrons. The highest BCUT2D eigenvalue weighted by atomic mass is 32.2. The van der Waals surface area contributed by atoms with Gasteiger partial charge in [0.15, 0.2) is 0 Å². The average Bonchev–Trinajstić information content (AvgIpc) is 3.13. The Kier molecular flexibility index (Phi) is 7.16. The molecule has 9 heteroatoms. The van der Waals surface area contributed by atoms with E-state index in [1.54, 1.807) is 13.8 Å². The van der Waals surface area contributed by atoms with E-state index in [4.69, 9.17) is 4.74 Å². The number of aromatic nitrogens is 2. The Morgan fingerprint density at radius 2 is 1.65 bits per heavy atom. The van der Waals surface area contributed by atoms with Gasteiger partial charge in [-0.05, 0) is 37.5 Å². The number of benzene rings is 2. The number of nitrogens with one attached hydrogen (secondary N) is 1. The molecule has 0 aliphatic carbocycles. The van der Waals surface area contributed by atoms with Crippen molar-refractivity contribution < 1.29 is 17.9 Å². The summed E-state index contributed by atoms with van der Waals surface area (Å²) in [7, 11) is -3.69. The monoisotopic (exact) mass is 482 g/mol. The van der Waals surface area contributed by atoms with E-state index < -0.39 is 10.0 Å². The van der Waals surface area contributed by atoms with Crippen molar-refractivity contribution in [2.75, 3.05) is 26.3 Å². The first-order chi connectivity index (χ1) is 16.3. The molecule has 2 heterocycles. The van der Waals surface area contributed by atoms with E-state index in [1.807, 2.05) is 49.4 Å². The lowest BCUT2D eigenvalue weighted by Crippen LogP contribution is -2.41. The van der Waals surface area contributed by atoms with Crippen LogP contribution in [0, 0.1) is 13.8 Å². The Morgan fingerprint density at radius 1 is 1.03 bits per heavy atom. The number of aryl methyl sites for hydroxylation is 1. The van der Waals surface area contributed by atoms with Crippen LogP contribution in [0.4, 0.5) is 0 Å². The van der Waals surface area contributed by atoms with Gasteiger partial charge in [-0.1, -0.05) is 54.6 Å². The summed E-state index contributed by atoms with van der Waals surface area (Å²) in [6.07, 6.45) is 0. The molecule has 1 amide bonds. The first-order valence-electron chi connectivity index (χ1n) is 11.3. The number of ether oxygens (including phenoxy) is 1. The number of nitrogens with zero attached hydrogens (tertiary/aromatic N) is 3. The fourth-order valence-electron chi connectivity index (χ4n) is 4.23. The Bertz CT molecular complexity index is 1250. The molecule has 0 bridgehead atoms. The minimum atomic E-state index is -3.69. The van der Waals surface area contributed by atoms with Crippen LogP contribution in [-0.4, -0.2) is 54.7 Å². The highest BCUT2D eigenvalue weighted by Gasteiger charge is 2.32. The summed E-state index contributed by atoms with van der Waals surface area (Å²) in [6.45, 7) is 6.58. The highest BCUT2D eigenvalue weighted by Crippen LogP contribution is 2.25. The van der Waals surface area contributed by atoms with E-state index >= 15 is 0 Å². The standard InChI is InChI=1S/C25H30N4O4S/c1-18(21-9-11-23(12-10-21)22-7-5-4-6-8-22)26-24(30)17-29-20(3)25(19(2)27-29)34(31,32)28-13-15-33-16-14-28/h4-12,18H,13-17H2,1-3H3,(H,26,30). The first-order valence-corrected chi connectivity index (χ1v) is 12.8. The number of hydrogen-bond donors (Lipinski definition) is 1. The predicted octanol–water partition coefficient (Wildman–Crippen LogP) is 3.07. The topological polar surface area (TPSA) is 93.5 Å². The molecule has 1 aliphatic rings. The van der Waals surface area contributed by atoms with Crippen molar-refractivity contribution in [3.05, 3.63) is 71.5 Å². The molecule has 0 saturated carbocycles. The van der Waals surface area contributed by atoms with Crippen LogP contribution in [0.15, 0.2) is 59.5 Å². The SMILES string of the molecule is Cc1nn(CC(=O)NC(C)c2ccc(-c3ccccc3)cc2)c(C)c1S(=O)(=O)N1CCOCC1. The summed E-state index contributed by atoms with van der Waals surface area (Å²) >= 11 is 0. The van der Waals surface area contributed by atoms with E-state index in [9.17, 15) is 13.2 Å². The highest BCUT2D eigenvalue weighted by molar-refractivity contribution is 7.89. The fourth-order valence-corrected chi connectivity index (χ4v) is 6.01. The Balaban J connectivity index is 1.43. The maximum Gasteiger partial charge on any atom is 0.246 e. The normalized spacial score (nSPS) is 15.7. The van der Waals surface area contributed by atoms with E-state index in [0.717, 1.165) is 16.7 Å². The lowest BCUT2D eigenvalue weighted by molar-refractivity contribution is -0.122. The molecule has 1 unspecified atom stereocenters. The third kappa shape index (κ3) is 5.06. The molecule has 1 N–H and O–H groups in total. The number of carbonyl (C=O) groups is 1. The van der Waals surface area contributed by atoms with Crippen molar-refractivity contribution in [1.29, 1.82) is 0 Å². The minimum absolute atomic E-state index is 0.0578. The molecule has 8 nitrogen and oxygen atoms in total. The zero-order valence-electron chi connectivity index (χ0n) is 19.7. The number of amides is 1. The largest absolute Gasteiger partial charge is 0.379 e. The van der Waals surface area contributed by atoms with Gasteiger partial charge in [0.1, 0.15) is 11.4 Å². The van der Waals surface area contributed by atoms with Gasteiger partial charge in [-0.25, -0.2) is 8.42 Å². The smallest absolute Gasteiger partial charge is 0.246 e. The van der Waals surface area contributed by atoms with Crippen molar-refractivity contribution in [2.45, 2.75) is 38.3 Å². The third-order valence-electron chi connectivity index (χ3n) is 6.07. The van der Waals surface area contributed by atoms with E-state index in [0.29, 0.717) is 37.7 Å². The third-order valence-corrected chi connectivity index (χ3v) is 8.22. The van der Waals surface area contributed by atoms with Gasteiger partial charge in [-0.3, -0.25) is 9.48 Å². The second-order valence-electron chi connectivity index (χ2n) is 8.45. The molecular weight excluding hydrogens is 452 g/mol. The average molecular weight is 483 g/mol. The lowest BCUT2D eigenvalue weighted by Gasteiger charge is -2.26. The van der Waals surface area contributed by atoms with Crippen LogP contribution in [0.1, 0.15) is 29.9 Å². The van der Waals surface area contributed by atoms with Gasteiger partial charge in [0.25, 0.3) is 0 Å². The molecule has 4 rings (SSSR count). The van der Waals surface area contributed by atoms with Gasteiger partial charge in [0.2, 0.25) is 15.9 Å². The van der Waals surface area contributed by atoms with Crippen molar-refractivity contribution in [2.24, 2.45) is 0 Å². The number of rotatable bonds is 7. The quantitative estimate of drug-likeness (QED) is 0.559. The molecular formula is C25H30N4O4S. The second kappa shape index (κ2) is 10.1. The summed E-state index contributed by atoms with van der Waals surface area (Å²) in [5, 5.41) is 7.34. The molecule has 180 valence electrons. The molecule has 1 aliphatic heterocycles. The number of sulfonamides is 1. The molecule has 34 heavy (non-hydrogen) atoms. The van der Waals surface area contributed by atoms with Crippen molar-refractivity contribution >= 4 is 15.9 Å². The summed E-state index contributed by atoms with van der Waals surface area (Å²) in [6, 6.07) is 18.0. The molecule has 3 aromatic rings. The van der Waals surface area contributed by atoms with Crippen LogP contribution in [0.3, 0.4) is 0 Å². The zero-order valence-corrected chi connectivity index (χ0v) is 20.5. The van der Waals surface area contributed by atoms with Crippen LogP contribution in [0.5, 0.6) is 0 Å². The van der Waals surface area contributed by atoms with Gasteiger partial charge >= 0.3 is 0 Å². The van der Waals surface area contributed by atoms with Crippen molar-refractivity contribution in [1.82, 2.24) is 19.4 Å². The second-order valence-corrected chi connectivity index (χ2v) is 10.3. The molecule has 1 saturated heterocycles. The molecule has 1 atom stereocenters. The van der Waals surface area contributed by atoms with Crippen LogP contribution in [0.25, 0.3) is 11.1 Å². The fraction of sp³-hybridized carbons (Fsp3) is 0.360. The van der Waals surface area contributed by atoms with Gasteiger partial charge in [0.05, 0.1) is 30.6 Å². The lowest BCUT2D eigenvalue weighted by atomic mass is 10.0. The Morgan fingerprint density at radius 3 is 2.29 bits per heavy atom. The number of hydrogen-bond acceptors (Lipinski definition) is 5. The Hall–Kier alpha value is -3.01. The summed E-state index contributed by atoms with van der Waals surface area (Å²) < 4.78 is 34.4. The van der Waals surface area contributed by atoms with Crippen LogP contribution >= 0.6 is 0 Å². The Labute approximate surface area is 200 Å². The van der Waals surface area contributed by atoms with Crippen molar-refractivity contribution in [3.8, 4) is 11.1 Å². The maximum absolute atomic E-state index is 13.1. The van der Waals surface area contributed by atoms with Gasteiger partial charge < -0.3 is 10.1 Å². The molecule has 1 fully saturated rings. The molecule has 2 aromatic carbocycles. The van der Waals surface area contributed by atoms with Crippen LogP contribution in [-0.2, 0) is 26.1 Å². The maximum atomic E-state index is 13.1. The van der Waals surface area contributed by atoms with Gasteiger partial charge in [-0.15, -0.1) is 0 Å².